The van der Waals surface area contributed by atoms with Crippen LogP contribution in [-0.2, 0) is 0 Å². The molecule has 7 heteroatoms. The maximum absolute atomic E-state index is 13.5. The maximum Gasteiger partial charge on any atom is 0.415 e. The Morgan fingerprint density at radius 1 is 0.689 bits per heavy atom. The van der Waals surface area contributed by atoms with Crippen LogP contribution in [0.15, 0.2) is 133 Å². The lowest BCUT2D eigenvalue weighted by atomic mass is 9.84. The van der Waals surface area contributed by atoms with Gasteiger partial charge in [0.15, 0.2) is 0 Å². The second-order valence-corrected chi connectivity index (χ2v) is 10.9. The number of nitrogens with zero attached hydrogens (tertiary/aromatic N) is 1. The van der Waals surface area contributed by atoms with E-state index >= 15 is 0 Å². The van der Waals surface area contributed by atoms with E-state index in [1.165, 1.54) is 0 Å². The van der Waals surface area contributed by atoms with Crippen LogP contribution in [0.5, 0.6) is 23.0 Å². The molecule has 1 N–H and O–H groups in total. The lowest BCUT2D eigenvalue weighted by Gasteiger charge is -2.38. The molecule has 1 aliphatic heterocycles. The highest BCUT2D eigenvalue weighted by atomic mass is 16.6. The van der Waals surface area contributed by atoms with Crippen molar-refractivity contribution in [2.24, 2.45) is 0 Å². The zero-order valence-electron chi connectivity index (χ0n) is 25.0. The summed E-state index contributed by atoms with van der Waals surface area (Å²) in [5.41, 5.74) is 3.87. The third-order valence-electron chi connectivity index (χ3n) is 7.98. The van der Waals surface area contributed by atoms with Crippen LogP contribution in [0.4, 0.5) is 4.79 Å². The van der Waals surface area contributed by atoms with Crippen LogP contribution in [0.1, 0.15) is 28.3 Å². The number of piperidine rings is 1. The summed E-state index contributed by atoms with van der Waals surface area (Å²) in [6.45, 7) is 0.792. The molecule has 0 spiro atoms. The lowest BCUT2D eigenvalue weighted by Crippen LogP contribution is -2.53. The first-order valence-corrected chi connectivity index (χ1v) is 15.0. The minimum absolute atomic E-state index is 0.000305. The minimum atomic E-state index is -0.470. The summed E-state index contributed by atoms with van der Waals surface area (Å²) < 4.78 is 16.8. The van der Waals surface area contributed by atoms with Gasteiger partial charge >= 0.3 is 6.09 Å². The van der Waals surface area contributed by atoms with Gasteiger partial charge in [-0.15, -0.1) is 0 Å². The Labute approximate surface area is 263 Å². The Hall–Kier alpha value is -5.56. The number of methoxy groups -OCH3 is 1. The molecule has 1 saturated heterocycles. The van der Waals surface area contributed by atoms with Crippen LogP contribution in [0.3, 0.4) is 0 Å². The van der Waals surface area contributed by atoms with Crippen LogP contribution >= 0.6 is 0 Å². The van der Waals surface area contributed by atoms with Crippen molar-refractivity contribution in [1.82, 2.24) is 10.2 Å². The van der Waals surface area contributed by atoms with Crippen molar-refractivity contribution >= 4 is 12.0 Å². The van der Waals surface area contributed by atoms with Crippen LogP contribution in [0.2, 0.25) is 0 Å². The van der Waals surface area contributed by atoms with Crippen LogP contribution < -0.4 is 19.5 Å². The average Bonchev–Trinajstić information content (AvgIpc) is 3.09. The van der Waals surface area contributed by atoms with Crippen molar-refractivity contribution in [3.63, 3.8) is 0 Å². The molecule has 5 aromatic rings. The molecule has 6 rings (SSSR count). The molecule has 45 heavy (non-hydrogen) atoms. The van der Waals surface area contributed by atoms with Crippen molar-refractivity contribution in [2.45, 2.75) is 18.4 Å². The van der Waals surface area contributed by atoms with Crippen molar-refractivity contribution in [3.05, 3.63) is 145 Å². The monoisotopic (exact) mass is 598 g/mol. The van der Waals surface area contributed by atoms with Crippen LogP contribution in [0.25, 0.3) is 11.1 Å². The van der Waals surface area contributed by atoms with Gasteiger partial charge in [-0.2, -0.15) is 0 Å². The van der Waals surface area contributed by atoms with Gasteiger partial charge in [0.2, 0.25) is 0 Å². The summed E-state index contributed by atoms with van der Waals surface area (Å²) in [4.78, 5) is 28.4. The average molecular weight is 599 g/mol. The van der Waals surface area contributed by atoms with E-state index in [0.29, 0.717) is 42.3 Å². The van der Waals surface area contributed by atoms with E-state index in [9.17, 15) is 9.59 Å². The van der Waals surface area contributed by atoms with E-state index in [1.807, 2.05) is 48.5 Å². The normalized spacial score (nSPS) is 16.0. The fraction of sp³-hybridized carbons (Fsp3) is 0.158. The maximum atomic E-state index is 13.5. The number of ether oxygens (including phenoxy) is 3. The SMILES string of the molecule is COc1cccc(OC(=O)N2CC[C@H](c3ccc(-c4ccccc4)cc3)[C@@H](NC(=O)c3ccc(Oc4ccccc4)cc3)C2)c1. The fourth-order valence-corrected chi connectivity index (χ4v) is 5.60. The van der Waals surface area contributed by atoms with Crippen LogP contribution in [-0.4, -0.2) is 43.1 Å². The summed E-state index contributed by atoms with van der Waals surface area (Å²) in [5.74, 6) is 2.14. The summed E-state index contributed by atoms with van der Waals surface area (Å²) in [6.07, 6.45) is 0.190. The largest absolute Gasteiger partial charge is 0.497 e. The molecule has 2 amide bonds. The first-order valence-electron chi connectivity index (χ1n) is 15.0. The number of hydrogen-bond donors (Lipinski definition) is 1. The Morgan fingerprint density at radius 2 is 1.31 bits per heavy atom. The number of carbonyl (C=O) groups excluding carboxylic acids is 2. The number of para-hydroxylation sites is 1. The zero-order chi connectivity index (χ0) is 31.0. The fourth-order valence-electron chi connectivity index (χ4n) is 5.60. The Balaban J connectivity index is 1.19. The van der Waals surface area contributed by atoms with E-state index in [2.05, 4.69) is 41.7 Å². The predicted octanol–water partition coefficient (Wildman–Crippen LogP) is 7.94. The van der Waals surface area contributed by atoms with Gasteiger partial charge in [0.05, 0.1) is 13.2 Å². The van der Waals surface area contributed by atoms with E-state index in [0.717, 1.165) is 22.4 Å². The van der Waals surface area contributed by atoms with Gasteiger partial charge in [-0.1, -0.05) is 78.9 Å². The molecule has 0 radical (unpaired) electrons. The number of hydrogen-bond acceptors (Lipinski definition) is 5. The van der Waals surface area contributed by atoms with Gasteiger partial charge in [0.1, 0.15) is 23.0 Å². The highest BCUT2D eigenvalue weighted by Gasteiger charge is 2.34. The number of nitrogens with one attached hydrogen (secondary N) is 1. The van der Waals surface area contributed by atoms with Crippen molar-refractivity contribution in [1.29, 1.82) is 0 Å². The molecule has 7 nitrogen and oxygen atoms in total. The quantitative estimate of drug-likeness (QED) is 0.196. The molecule has 226 valence electrons. The highest BCUT2D eigenvalue weighted by molar-refractivity contribution is 5.94. The molecule has 0 bridgehead atoms. The topological polar surface area (TPSA) is 77.1 Å². The molecule has 0 aromatic heterocycles. The summed E-state index contributed by atoms with van der Waals surface area (Å²) in [5, 5.41) is 3.22. The molecule has 0 saturated carbocycles. The smallest absolute Gasteiger partial charge is 0.415 e. The van der Waals surface area contributed by atoms with Gasteiger partial charge in [0.25, 0.3) is 5.91 Å². The Morgan fingerprint density at radius 3 is 2.02 bits per heavy atom. The van der Waals surface area contributed by atoms with E-state index in [1.54, 1.807) is 60.5 Å². The number of carbonyl (C=O) groups is 2. The van der Waals surface area contributed by atoms with E-state index < -0.39 is 6.09 Å². The molecule has 0 unspecified atom stereocenters. The van der Waals surface area contributed by atoms with Crippen molar-refractivity contribution in [3.8, 4) is 34.1 Å². The summed E-state index contributed by atoms with van der Waals surface area (Å²) >= 11 is 0. The lowest BCUT2D eigenvalue weighted by molar-refractivity contribution is 0.0876. The van der Waals surface area contributed by atoms with Crippen LogP contribution in [0, 0.1) is 0 Å². The van der Waals surface area contributed by atoms with Gasteiger partial charge in [-0.3, -0.25) is 4.79 Å². The van der Waals surface area contributed by atoms with Gasteiger partial charge in [-0.05, 0) is 71.6 Å². The highest BCUT2D eigenvalue weighted by Crippen LogP contribution is 2.32. The third-order valence-corrected chi connectivity index (χ3v) is 7.98. The van der Waals surface area contributed by atoms with Gasteiger partial charge in [0, 0.05) is 30.6 Å². The van der Waals surface area contributed by atoms with Crippen molar-refractivity contribution < 1.29 is 23.8 Å². The molecule has 1 fully saturated rings. The first-order chi connectivity index (χ1) is 22.1. The standard InChI is InChI=1S/C38H34N2O5/c1-43-33-13-8-14-34(25-33)45-38(42)40-24-23-35(29-17-15-28(16-18-29)27-9-4-2-5-10-27)36(26-40)39-37(41)30-19-21-32(22-20-30)44-31-11-6-3-7-12-31/h2-22,25,35-36H,23-24,26H2,1H3,(H,39,41)/t35-,36+/m1/s1. The number of benzene rings is 5. The second kappa shape index (κ2) is 13.8. The molecule has 1 heterocycles. The molecular weight excluding hydrogens is 564 g/mol. The predicted molar refractivity (Wildman–Crippen MR) is 174 cm³/mol. The minimum Gasteiger partial charge on any atom is -0.497 e. The van der Waals surface area contributed by atoms with Crippen molar-refractivity contribution in [2.75, 3.05) is 20.2 Å². The van der Waals surface area contributed by atoms with Gasteiger partial charge in [-0.25, -0.2) is 4.79 Å². The molecule has 5 aromatic carbocycles. The third kappa shape index (κ3) is 7.33. The number of likely N-dealkylation sites (tertiary alicyclic amines) is 1. The molecule has 2 atom stereocenters. The molecular formula is C38H34N2O5. The molecule has 0 aliphatic carbocycles. The van der Waals surface area contributed by atoms with Gasteiger partial charge < -0.3 is 24.4 Å². The summed E-state index contributed by atoms with van der Waals surface area (Å²) in [7, 11) is 1.56. The zero-order valence-corrected chi connectivity index (χ0v) is 25.0. The second-order valence-electron chi connectivity index (χ2n) is 10.9. The number of amides is 2. The van der Waals surface area contributed by atoms with E-state index in [-0.39, 0.29) is 17.9 Å². The number of rotatable bonds is 8. The Kier molecular flexibility index (Phi) is 9.06. The Bertz CT molecular complexity index is 1720. The summed E-state index contributed by atoms with van der Waals surface area (Å²) in [6, 6.07) is 41.8. The molecule has 1 aliphatic rings. The first kappa shape index (κ1) is 29.5. The van der Waals surface area contributed by atoms with E-state index in [4.69, 9.17) is 14.2 Å².